The standard InChI is InChI=1S/C15H16N2O2/c1-11-9-14(18)17(15(19)10-11)13-7-3-2-5-12(13)6-4-8-16/h2-3,5,7,11H,8-10,16H2,1H3. The van der Waals surface area contributed by atoms with Crippen molar-refractivity contribution in [1.29, 1.82) is 0 Å². The normalized spacial score (nSPS) is 16.2. The molecule has 0 spiro atoms. The smallest absolute Gasteiger partial charge is 0.234 e. The summed E-state index contributed by atoms with van der Waals surface area (Å²) >= 11 is 0. The van der Waals surface area contributed by atoms with Gasteiger partial charge in [-0.3, -0.25) is 9.59 Å². The molecule has 1 fully saturated rings. The van der Waals surface area contributed by atoms with Gasteiger partial charge in [-0.15, -0.1) is 0 Å². The number of amides is 2. The first-order chi connectivity index (χ1) is 9.13. The van der Waals surface area contributed by atoms with Crippen LogP contribution in [0.25, 0.3) is 0 Å². The molecule has 0 bridgehead atoms. The Morgan fingerprint density at radius 2 is 1.89 bits per heavy atom. The van der Waals surface area contributed by atoms with E-state index < -0.39 is 0 Å². The van der Waals surface area contributed by atoms with Crippen LogP contribution in [-0.4, -0.2) is 18.4 Å². The maximum absolute atomic E-state index is 12.1. The van der Waals surface area contributed by atoms with Crippen molar-refractivity contribution in [2.75, 3.05) is 11.4 Å². The number of hydrogen-bond acceptors (Lipinski definition) is 3. The molecule has 0 saturated carbocycles. The molecule has 0 radical (unpaired) electrons. The minimum Gasteiger partial charge on any atom is -0.320 e. The number of rotatable bonds is 1. The van der Waals surface area contributed by atoms with E-state index in [1.165, 1.54) is 4.90 Å². The van der Waals surface area contributed by atoms with Crippen molar-refractivity contribution < 1.29 is 9.59 Å². The molecular weight excluding hydrogens is 240 g/mol. The van der Waals surface area contributed by atoms with Gasteiger partial charge in [-0.2, -0.15) is 0 Å². The Morgan fingerprint density at radius 1 is 1.26 bits per heavy atom. The van der Waals surface area contributed by atoms with Gasteiger partial charge in [-0.1, -0.05) is 30.9 Å². The van der Waals surface area contributed by atoms with Crippen LogP contribution < -0.4 is 10.6 Å². The number of imide groups is 1. The SMILES string of the molecule is CC1CC(=O)N(c2ccccc2C#CCN)C(=O)C1. The molecule has 19 heavy (non-hydrogen) atoms. The predicted octanol–water partition coefficient (Wildman–Crippen LogP) is 1.29. The van der Waals surface area contributed by atoms with Gasteiger partial charge in [-0.25, -0.2) is 4.90 Å². The van der Waals surface area contributed by atoms with Gasteiger partial charge < -0.3 is 5.73 Å². The molecule has 0 atom stereocenters. The van der Waals surface area contributed by atoms with Crippen molar-refractivity contribution in [2.45, 2.75) is 19.8 Å². The lowest BCUT2D eigenvalue weighted by Crippen LogP contribution is -2.43. The molecule has 0 unspecified atom stereocenters. The summed E-state index contributed by atoms with van der Waals surface area (Å²) < 4.78 is 0. The molecule has 98 valence electrons. The first-order valence-corrected chi connectivity index (χ1v) is 6.27. The van der Waals surface area contributed by atoms with Crippen molar-refractivity contribution in [3.63, 3.8) is 0 Å². The summed E-state index contributed by atoms with van der Waals surface area (Å²) in [5, 5.41) is 0. The van der Waals surface area contributed by atoms with E-state index in [0.29, 0.717) is 24.1 Å². The summed E-state index contributed by atoms with van der Waals surface area (Å²) in [6.07, 6.45) is 0.786. The fourth-order valence-electron chi connectivity index (χ4n) is 2.18. The Bertz CT molecular complexity index is 551. The number of nitrogens with two attached hydrogens (primary N) is 1. The molecule has 1 aliphatic heterocycles. The molecule has 1 heterocycles. The van der Waals surface area contributed by atoms with Crippen LogP contribution in [0.1, 0.15) is 25.3 Å². The van der Waals surface area contributed by atoms with Crippen LogP contribution in [0.15, 0.2) is 24.3 Å². The Labute approximate surface area is 112 Å². The van der Waals surface area contributed by atoms with Crippen LogP contribution in [0, 0.1) is 17.8 Å². The van der Waals surface area contributed by atoms with Crippen LogP contribution in [0.2, 0.25) is 0 Å². The summed E-state index contributed by atoms with van der Waals surface area (Å²) in [4.78, 5) is 25.4. The second kappa shape index (κ2) is 5.68. The highest BCUT2D eigenvalue weighted by molar-refractivity contribution is 6.17. The Hall–Kier alpha value is -2.12. The lowest BCUT2D eigenvalue weighted by Gasteiger charge is -2.28. The number of nitrogens with zero attached hydrogens (tertiary/aromatic N) is 1. The Balaban J connectivity index is 2.41. The minimum absolute atomic E-state index is 0.110. The molecule has 0 aliphatic carbocycles. The maximum Gasteiger partial charge on any atom is 0.234 e. The third-order valence-electron chi connectivity index (χ3n) is 3.02. The van der Waals surface area contributed by atoms with Crippen LogP contribution in [-0.2, 0) is 9.59 Å². The molecule has 0 aromatic heterocycles. The van der Waals surface area contributed by atoms with Crippen LogP contribution in [0.3, 0.4) is 0 Å². The zero-order valence-corrected chi connectivity index (χ0v) is 10.8. The number of carbonyl (C=O) groups is 2. The van der Waals surface area contributed by atoms with E-state index in [0.717, 1.165) is 0 Å². The predicted molar refractivity (Wildman–Crippen MR) is 73.3 cm³/mol. The van der Waals surface area contributed by atoms with Gasteiger partial charge in [0.1, 0.15) is 0 Å². The number of piperidine rings is 1. The minimum atomic E-state index is -0.161. The fraction of sp³-hybridized carbons (Fsp3) is 0.333. The van der Waals surface area contributed by atoms with E-state index in [1.807, 2.05) is 13.0 Å². The van der Waals surface area contributed by atoms with E-state index in [-0.39, 0.29) is 24.3 Å². The summed E-state index contributed by atoms with van der Waals surface area (Å²) in [5.41, 5.74) is 6.57. The molecule has 1 saturated heterocycles. The van der Waals surface area contributed by atoms with Gasteiger partial charge in [-0.05, 0) is 18.1 Å². The highest BCUT2D eigenvalue weighted by atomic mass is 16.2. The summed E-state index contributed by atoms with van der Waals surface area (Å²) in [6.45, 7) is 2.15. The highest BCUT2D eigenvalue weighted by Gasteiger charge is 2.32. The molecule has 4 heteroatoms. The summed E-state index contributed by atoms with van der Waals surface area (Å²) in [6, 6.07) is 7.15. The number of benzene rings is 1. The Kier molecular flexibility index (Phi) is 3.98. The van der Waals surface area contributed by atoms with E-state index in [2.05, 4.69) is 11.8 Å². The zero-order chi connectivity index (χ0) is 13.8. The molecule has 2 rings (SSSR count). The molecule has 1 aromatic rings. The van der Waals surface area contributed by atoms with E-state index >= 15 is 0 Å². The van der Waals surface area contributed by atoms with Crippen molar-refractivity contribution in [2.24, 2.45) is 11.7 Å². The Morgan fingerprint density at radius 3 is 2.53 bits per heavy atom. The second-order valence-electron chi connectivity index (χ2n) is 4.66. The van der Waals surface area contributed by atoms with Gasteiger partial charge >= 0.3 is 0 Å². The topological polar surface area (TPSA) is 63.4 Å². The van der Waals surface area contributed by atoms with E-state index in [9.17, 15) is 9.59 Å². The summed E-state index contributed by atoms with van der Waals surface area (Å²) in [5.74, 6) is 5.44. The molecule has 1 aromatic carbocycles. The van der Waals surface area contributed by atoms with Crippen molar-refractivity contribution in [3.8, 4) is 11.8 Å². The van der Waals surface area contributed by atoms with Crippen molar-refractivity contribution in [3.05, 3.63) is 29.8 Å². The number of hydrogen-bond donors (Lipinski definition) is 1. The fourth-order valence-corrected chi connectivity index (χ4v) is 2.18. The van der Waals surface area contributed by atoms with Crippen LogP contribution in [0.4, 0.5) is 5.69 Å². The van der Waals surface area contributed by atoms with Crippen molar-refractivity contribution in [1.82, 2.24) is 0 Å². The maximum atomic E-state index is 12.1. The zero-order valence-electron chi connectivity index (χ0n) is 10.8. The molecule has 2 amide bonds. The quantitative estimate of drug-likeness (QED) is 0.608. The largest absolute Gasteiger partial charge is 0.320 e. The number of carbonyl (C=O) groups excluding carboxylic acids is 2. The van der Waals surface area contributed by atoms with E-state index in [1.54, 1.807) is 18.2 Å². The molecule has 4 nitrogen and oxygen atoms in total. The first-order valence-electron chi connectivity index (χ1n) is 6.27. The average Bonchev–Trinajstić information content (AvgIpc) is 2.36. The molecular formula is C15H16N2O2. The lowest BCUT2D eigenvalue weighted by atomic mass is 9.96. The van der Waals surface area contributed by atoms with Gasteiger partial charge in [0.15, 0.2) is 0 Å². The van der Waals surface area contributed by atoms with Crippen molar-refractivity contribution >= 4 is 17.5 Å². The van der Waals surface area contributed by atoms with Gasteiger partial charge in [0, 0.05) is 18.4 Å². The molecule has 1 aliphatic rings. The van der Waals surface area contributed by atoms with E-state index in [4.69, 9.17) is 5.73 Å². The van der Waals surface area contributed by atoms with Gasteiger partial charge in [0.25, 0.3) is 0 Å². The summed E-state index contributed by atoms with van der Waals surface area (Å²) in [7, 11) is 0. The first kappa shape index (κ1) is 13.3. The monoisotopic (exact) mass is 256 g/mol. The molecule has 2 N–H and O–H groups in total. The highest BCUT2D eigenvalue weighted by Crippen LogP contribution is 2.27. The van der Waals surface area contributed by atoms with Crippen LogP contribution in [0.5, 0.6) is 0 Å². The van der Waals surface area contributed by atoms with Gasteiger partial charge in [0.2, 0.25) is 11.8 Å². The lowest BCUT2D eigenvalue weighted by molar-refractivity contribution is -0.130. The number of anilines is 1. The second-order valence-corrected chi connectivity index (χ2v) is 4.66. The number of para-hydroxylation sites is 1. The third kappa shape index (κ3) is 2.83. The van der Waals surface area contributed by atoms with Gasteiger partial charge in [0.05, 0.1) is 12.2 Å². The average molecular weight is 256 g/mol. The third-order valence-corrected chi connectivity index (χ3v) is 3.02. The van der Waals surface area contributed by atoms with Crippen LogP contribution >= 0.6 is 0 Å².